The third kappa shape index (κ3) is 3.15. The molecule has 1 aliphatic rings. The number of guanidine groups is 1. The van der Waals surface area contributed by atoms with Crippen molar-refractivity contribution >= 4 is 5.96 Å². The van der Waals surface area contributed by atoms with E-state index in [2.05, 4.69) is 25.2 Å². The van der Waals surface area contributed by atoms with Gasteiger partial charge in [0, 0.05) is 26.3 Å². The van der Waals surface area contributed by atoms with E-state index in [9.17, 15) is 0 Å². The van der Waals surface area contributed by atoms with Crippen LogP contribution in [0.25, 0.3) is 0 Å². The Hall–Kier alpha value is -1.65. The van der Waals surface area contributed by atoms with E-state index < -0.39 is 0 Å². The molecule has 1 fully saturated rings. The maximum absolute atomic E-state index is 4.36. The smallest absolute Gasteiger partial charge is 0.193 e. The molecule has 17 heavy (non-hydrogen) atoms. The highest BCUT2D eigenvalue weighted by molar-refractivity contribution is 5.80. The number of aliphatic imine (C=N–C) groups is 1. The summed E-state index contributed by atoms with van der Waals surface area (Å²) in [6.45, 7) is 4.80. The molecule has 1 N–H and O–H groups in total. The van der Waals surface area contributed by atoms with Crippen molar-refractivity contribution in [2.45, 2.75) is 26.3 Å². The first-order valence-corrected chi connectivity index (χ1v) is 6.04. The quantitative estimate of drug-likeness (QED) is 0.610. The minimum absolute atomic E-state index is 0.701. The summed E-state index contributed by atoms with van der Waals surface area (Å²) in [5, 5.41) is 3.34. The molecule has 0 saturated carbocycles. The zero-order chi connectivity index (χ0) is 12.1. The van der Waals surface area contributed by atoms with Crippen molar-refractivity contribution in [3.63, 3.8) is 0 Å². The zero-order valence-electron chi connectivity index (χ0n) is 10.5. The van der Waals surface area contributed by atoms with Gasteiger partial charge in [0.25, 0.3) is 0 Å². The maximum Gasteiger partial charge on any atom is 0.193 e. The molecule has 0 unspecified atom stereocenters. The molecule has 1 aromatic heterocycles. The summed E-state index contributed by atoms with van der Waals surface area (Å²) >= 11 is 0. The van der Waals surface area contributed by atoms with Crippen LogP contribution in [0.3, 0.4) is 0 Å². The van der Waals surface area contributed by atoms with Crippen LogP contribution in [0.4, 0.5) is 0 Å². The summed E-state index contributed by atoms with van der Waals surface area (Å²) in [5.74, 6) is 1.78. The second-order valence-corrected chi connectivity index (χ2v) is 4.19. The number of hydrogen-bond acceptors (Lipinski definition) is 3. The molecule has 5 heteroatoms. The van der Waals surface area contributed by atoms with Gasteiger partial charge in [-0.2, -0.15) is 0 Å². The van der Waals surface area contributed by atoms with Crippen LogP contribution in [0, 0.1) is 6.92 Å². The number of rotatable bonds is 2. The summed E-state index contributed by atoms with van der Waals surface area (Å²) in [4.78, 5) is 15.0. The van der Waals surface area contributed by atoms with Crippen LogP contribution in [0.15, 0.2) is 17.3 Å². The van der Waals surface area contributed by atoms with Crippen molar-refractivity contribution in [2.24, 2.45) is 4.99 Å². The predicted octanol–water partition coefficient (Wildman–Crippen LogP) is 0.956. The molecule has 1 saturated heterocycles. The fourth-order valence-corrected chi connectivity index (χ4v) is 2.03. The lowest BCUT2D eigenvalue weighted by Crippen LogP contribution is -2.39. The van der Waals surface area contributed by atoms with E-state index in [1.807, 2.05) is 20.0 Å². The highest BCUT2D eigenvalue weighted by atomic mass is 15.3. The topological polar surface area (TPSA) is 53.4 Å². The Bertz CT molecular complexity index is 396. The molecule has 92 valence electrons. The van der Waals surface area contributed by atoms with Gasteiger partial charge in [-0.3, -0.25) is 4.99 Å². The molecule has 0 spiro atoms. The SMILES string of the molecule is CN=C(NCc1ccnc(C)n1)N1CCCC1. The van der Waals surface area contributed by atoms with Crippen LogP contribution in [-0.2, 0) is 6.54 Å². The maximum atomic E-state index is 4.36. The van der Waals surface area contributed by atoms with Crippen molar-refractivity contribution in [1.29, 1.82) is 0 Å². The van der Waals surface area contributed by atoms with Gasteiger partial charge >= 0.3 is 0 Å². The first-order chi connectivity index (χ1) is 8.29. The second kappa shape index (κ2) is 5.61. The largest absolute Gasteiger partial charge is 0.351 e. The Morgan fingerprint density at radius 2 is 2.24 bits per heavy atom. The van der Waals surface area contributed by atoms with Crippen molar-refractivity contribution < 1.29 is 0 Å². The first-order valence-electron chi connectivity index (χ1n) is 6.04. The van der Waals surface area contributed by atoms with Gasteiger partial charge in [-0.05, 0) is 25.8 Å². The monoisotopic (exact) mass is 233 g/mol. The molecule has 1 aromatic rings. The number of nitrogens with one attached hydrogen (secondary N) is 1. The van der Waals surface area contributed by atoms with Crippen molar-refractivity contribution in [3.8, 4) is 0 Å². The molecule has 1 aliphatic heterocycles. The summed E-state index contributed by atoms with van der Waals surface area (Å²) in [6.07, 6.45) is 4.30. The van der Waals surface area contributed by atoms with E-state index in [1.165, 1.54) is 12.8 Å². The number of aromatic nitrogens is 2. The highest BCUT2D eigenvalue weighted by Crippen LogP contribution is 2.07. The molecule has 0 radical (unpaired) electrons. The molecule has 0 bridgehead atoms. The van der Waals surface area contributed by atoms with Crippen LogP contribution >= 0.6 is 0 Å². The van der Waals surface area contributed by atoms with Crippen LogP contribution in [-0.4, -0.2) is 41.0 Å². The standard InChI is InChI=1S/C12H19N5/c1-10-14-6-5-11(16-10)9-15-12(13-2)17-7-3-4-8-17/h5-6H,3-4,7-9H2,1-2H3,(H,13,15). The lowest BCUT2D eigenvalue weighted by molar-refractivity contribution is 0.492. The van der Waals surface area contributed by atoms with E-state index in [0.29, 0.717) is 6.54 Å². The Balaban J connectivity index is 1.92. The van der Waals surface area contributed by atoms with E-state index >= 15 is 0 Å². The number of hydrogen-bond donors (Lipinski definition) is 1. The van der Waals surface area contributed by atoms with Gasteiger partial charge < -0.3 is 10.2 Å². The van der Waals surface area contributed by atoms with Crippen molar-refractivity contribution in [3.05, 3.63) is 23.8 Å². The lowest BCUT2D eigenvalue weighted by atomic mass is 10.4. The molecule has 2 rings (SSSR count). The van der Waals surface area contributed by atoms with E-state index in [-0.39, 0.29) is 0 Å². The number of likely N-dealkylation sites (tertiary alicyclic amines) is 1. The Morgan fingerprint density at radius 1 is 1.47 bits per heavy atom. The number of nitrogens with zero attached hydrogens (tertiary/aromatic N) is 4. The summed E-state index contributed by atoms with van der Waals surface area (Å²) in [6, 6.07) is 1.93. The Labute approximate surface area is 102 Å². The number of aryl methyl sites for hydroxylation is 1. The third-order valence-corrected chi connectivity index (χ3v) is 2.88. The first kappa shape index (κ1) is 11.8. The third-order valence-electron chi connectivity index (χ3n) is 2.88. The Kier molecular flexibility index (Phi) is 3.90. The second-order valence-electron chi connectivity index (χ2n) is 4.19. The molecule has 0 amide bonds. The highest BCUT2D eigenvalue weighted by Gasteiger charge is 2.15. The normalized spacial score (nSPS) is 16.4. The van der Waals surface area contributed by atoms with E-state index in [1.54, 1.807) is 6.20 Å². The molecule has 5 nitrogen and oxygen atoms in total. The molecule has 0 atom stereocenters. The fraction of sp³-hybridized carbons (Fsp3) is 0.583. The van der Waals surface area contributed by atoms with E-state index in [4.69, 9.17) is 0 Å². The van der Waals surface area contributed by atoms with Crippen molar-refractivity contribution in [1.82, 2.24) is 20.2 Å². The van der Waals surface area contributed by atoms with Gasteiger partial charge in [-0.1, -0.05) is 0 Å². The molecule has 0 aromatic carbocycles. The summed E-state index contributed by atoms with van der Waals surface area (Å²) in [5.41, 5.74) is 0.998. The summed E-state index contributed by atoms with van der Waals surface area (Å²) in [7, 11) is 1.83. The van der Waals surface area contributed by atoms with E-state index in [0.717, 1.165) is 30.6 Å². The van der Waals surface area contributed by atoms with Gasteiger partial charge in [0.05, 0.1) is 12.2 Å². The van der Waals surface area contributed by atoms with Crippen LogP contribution in [0.2, 0.25) is 0 Å². The van der Waals surface area contributed by atoms with Gasteiger partial charge in [0.2, 0.25) is 0 Å². The average molecular weight is 233 g/mol. The van der Waals surface area contributed by atoms with Gasteiger partial charge in [0.1, 0.15) is 5.82 Å². The minimum Gasteiger partial charge on any atom is -0.351 e. The predicted molar refractivity (Wildman–Crippen MR) is 67.8 cm³/mol. The average Bonchev–Trinajstić information content (AvgIpc) is 2.84. The minimum atomic E-state index is 0.701. The fourth-order valence-electron chi connectivity index (χ4n) is 2.03. The van der Waals surface area contributed by atoms with Crippen LogP contribution < -0.4 is 5.32 Å². The molecular formula is C12H19N5. The van der Waals surface area contributed by atoms with Gasteiger partial charge in [-0.25, -0.2) is 9.97 Å². The van der Waals surface area contributed by atoms with Crippen molar-refractivity contribution in [2.75, 3.05) is 20.1 Å². The lowest BCUT2D eigenvalue weighted by Gasteiger charge is -2.20. The zero-order valence-corrected chi connectivity index (χ0v) is 10.5. The summed E-state index contributed by atoms with van der Waals surface area (Å²) < 4.78 is 0. The molecule has 0 aliphatic carbocycles. The van der Waals surface area contributed by atoms with Gasteiger partial charge in [0.15, 0.2) is 5.96 Å². The van der Waals surface area contributed by atoms with Crippen LogP contribution in [0.5, 0.6) is 0 Å². The molecule has 2 heterocycles. The Morgan fingerprint density at radius 3 is 2.88 bits per heavy atom. The van der Waals surface area contributed by atoms with Crippen LogP contribution in [0.1, 0.15) is 24.4 Å². The molecular weight excluding hydrogens is 214 g/mol. The van der Waals surface area contributed by atoms with Gasteiger partial charge in [-0.15, -0.1) is 0 Å².